The van der Waals surface area contributed by atoms with Crippen LogP contribution >= 0.6 is 11.6 Å². The highest BCUT2D eigenvalue weighted by Crippen LogP contribution is 2.23. The molecule has 0 aliphatic carbocycles. The van der Waals surface area contributed by atoms with Crippen LogP contribution in [-0.2, 0) is 0 Å². The molecular weight excluding hydrogens is 204 g/mol. The zero-order chi connectivity index (χ0) is 11.4. The van der Waals surface area contributed by atoms with Gasteiger partial charge in [-0.2, -0.15) is 0 Å². The van der Waals surface area contributed by atoms with Crippen LogP contribution in [0.15, 0.2) is 36.4 Å². The molecule has 0 amide bonds. The summed E-state index contributed by atoms with van der Waals surface area (Å²) in [5.41, 5.74) is 4.75. The van der Waals surface area contributed by atoms with Crippen LogP contribution in [0.3, 0.4) is 0 Å². The minimum Gasteiger partial charge on any atom is -0.0912 e. The molecule has 0 N–H and O–H groups in total. The molecule has 0 nitrogen and oxygen atoms in total. The van der Waals surface area contributed by atoms with Gasteiger partial charge in [0.2, 0.25) is 0 Å². The molecule has 1 rings (SSSR count). The molecule has 0 atom stereocenters. The van der Waals surface area contributed by atoms with E-state index in [1.165, 1.54) is 16.7 Å². The van der Waals surface area contributed by atoms with Crippen molar-refractivity contribution < 1.29 is 0 Å². The van der Waals surface area contributed by atoms with E-state index in [0.717, 1.165) is 17.0 Å². The summed E-state index contributed by atoms with van der Waals surface area (Å²) in [6.07, 6.45) is 3.20. The molecular formula is C14H17Cl. The molecule has 0 aliphatic heterocycles. The molecule has 15 heavy (non-hydrogen) atoms. The normalized spacial score (nSPS) is 11.6. The largest absolute Gasteiger partial charge is 0.0912 e. The van der Waals surface area contributed by atoms with Crippen LogP contribution in [0.4, 0.5) is 0 Å². The molecule has 80 valence electrons. The number of hydrogen-bond donors (Lipinski definition) is 0. The van der Waals surface area contributed by atoms with Gasteiger partial charge in [0.1, 0.15) is 0 Å². The Bertz CT molecular complexity index is 400. The predicted octanol–water partition coefficient (Wildman–Crippen LogP) is 5.02. The van der Waals surface area contributed by atoms with Gasteiger partial charge in [0, 0.05) is 5.02 Å². The van der Waals surface area contributed by atoms with Gasteiger partial charge in [-0.15, -0.1) is 0 Å². The summed E-state index contributed by atoms with van der Waals surface area (Å²) >= 11 is 5.91. The zero-order valence-electron chi connectivity index (χ0n) is 9.60. The molecule has 0 radical (unpaired) electrons. The van der Waals surface area contributed by atoms with E-state index >= 15 is 0 Å². The van der Waals surface area contributed by atoms with Crippen molar-refractivity contribution in [3.63, 3.8) is 0 Å². The van der Waals surface area contributed by atoms with E-state index in [2.05, 4.69) is 33.4 Å². The second kappa shape index (κ2) is 5.18. The van der Waals surface area contributed by atoms with Crippen LogP contribution in [-0.4, -0.2) is 0 Å². The molecule has 0 spiro atoms. The molecule has 0 saturated heterocycles. The minimum absolute atomic E-state index is 0.778. The molecule has 0 aliphatic rings. The van der Waals surface area contributed by atoms with Crippen molar-refractivity contribution in [2.45, 2.75) is 27.2 Å². The first kappa shape index (κ1) is 12.1. The first-order valence-corrected chi connectivity index (χ1v) is 5.55. The predicted molar refractivity (Wildman–Crippen MR) is 69.3 cm³/mol. The van der Waals surface area contributed by atoms with Crippen molar-refractivity contribution in [2.24, 2.45) is 0 Å². The van der Waals surface area contributed by atoms with E-state index in [1.54, 1.807) is 0 Å². The fourth-order valence-corrected chi connectivity index (χ4v) is 1.69. The third kappa shape index (κ3) is 3.24. The summed E-state index contributed by atoms with van der Waals surface area (Å²) in [7, 11) is 0. The first-order valence-electron chi connectivity index (χ1n) is 5.17. The lowest BCUT2D eigenvalue weighted by Crippen LogP contribution is -1.86. The molecule has 1 heteroatoms. The quantitative estimate of drug-likeness (QED) is 0.628. The summed E-state index contributed by atoms with van der Waals surface area (Å²) in [5, 5.41) is 0.778. The first-order chi connectivity index (χ1) is 7.04. The SMILES string of the molecule is C=C(/C=C(\C)CC)c1ccc(Cl)cc1C. The van der Waals surface area contributed by atoms with Crippen LogP contribution in [0, 0.1) is 6.92 Å². The summed E-state index contributed by atoms with van der Waals surface area (Å²) in [6.45, 7) is 10.4. The molecule has 0 bridgehead atoms. The number of benzene rings is 1. The Morgan fingerprint density at radius 1 is 1.47 bits per heavy atom. The van der Waals surface area contributed by atoms with E-state index < -0.39 is 0 Å². The van der Waals surface area contributed by atoms with Crippen LogP contribution < -0.4 is 0 Å². The average Bonchev–Trinajstić information content (AvgIpc) is 2.17. The van der Waals surface area contributed by atoms with Gasteiger partial charge in [0.25, 0.3) is 0 Å². The van der Waals surface area contributed by atoms with Crippen molar-refractivity contribution >= 4 is 17.2 Å². The van der Waals surface area contributed by atoms with Crippen molar-refractivity contribution in [3.8, 4) is 0 Å². The van der Waals surface area contributed by atoms with Gasteiger partial charge >= 0.3 is 0 Å². The van der Waals surface area contributed by atoms with Gasteiger partial charge in [0.05, 0.1) is 0 Å². The smallest absolute Gasteiger partial charge is 0.0409 e. The number of rotatable bonds is 3. The van der Waals surface area contributed by atoms with Crippen molar-refractivity contribution in [2.75, 3.05) is 0 Å². The van der Waals surface area contributed by atoms with Crippen molar-refractivity contribution in [1.29, 1.82) is 0 Å². The van der Waals surface area contributed by atoms with E-state index in [1.807, 2.05) is 18.2 Å². The lowest BCUT2D eigenvalue weighted by molar-refractivity contribution is 1.10. The van der Waals surface area contributed by atoms with Crippen LogP contribution in [0.1, 0.15) is 31.4 Å². The summed E-state index contributed by atoms with van der Waals surface area (Å²) < 4.78 is 0. The Balaban J connectivity index is 3.02. The number of aryl methyl sites for hydroxylation is 1. The van der Waals surface area contributed by atoms with E-state index in [4.69, 9.17) is 11.6 Å². The van der Waals surface area contributed by atoms with E-state index in [-0.39, 0.29) is 0 Å². The summed E-state index contributed by atoms with van der Waals surface area (Å²) in [6, 6.07) is 5.90. The third-order valence-corrected chi connectivity index (χ3v) is 2.75. The number of halogens is 1. The van der Waals surface area contributed by atoms with Crippen LogP contribution in [0.5, 0.6) is 0 Å². The Morgan fingerprint density at radius 3 is 2.67 bits per heavy atom. The summed E-state index contributed by atoms with van der Waals surface area (Å²) in [4.78, 5) is 0. The second-order valence-electron chi connectivity index (χ2n) is 3.83. The lowest BCUT2D eigenvalue weighted by atomic mass is 10.00. The Hall–Kier alpha value is -1.01. The van der Waals surface area contributed by atoms with Gasteiger partial charge in [-0.1, -0.05) is 42.8 Å². The molecule has 0 saturated carbocycles. The topological polar surface area (TPSA) is 0 Å². The van der Waals surface area contributed by atoms with Gasteiger partial charge in [0.15, 0.2) is 0 Å². The summed E-state index contributed by atoms with van der Waals surface area (Å²) in [5.74, 6) is 0. The average molecular weight is 221 g/mol. The highest BCUT2D eigenvalue weighted by atomic mass is 35.5. The maximum absolute atomic E-state index is 5.91. The number of hydrogen-bond acceptors (Lipinski definition) is 0. The van der Waals surface area contributed by atoms with Gasteiger partial charge in [-0.3, -0.25) is 0 Å². The van der Waals surface area contributed by atoms with Crippen molar-refractivity contribution in [1.82, 2.24) is 0 Å². The van der Waals surface area contributed by atoms with Crippen molar-refractivity contribution in [3.05, 3.63) is 52.6 Å². The minimum atomic E-state index is 0.778. The van der Waals surface area contributed by atoms with Crippen LogP contribution in [0.25, 0.3) is 5.57 Å². The van der Waals surface area contributed by atoms with Gasteiger partial charge in [-0.05, 0) is 49.1 Å². The highest BCUT2D eigenvalue weighted by molar-refractivity contribution is 6.30. The van der Waals surface area contributed by atoms with Crippen LogP contribution in [0.2, 0.25) is 5.02 Å². The number of allylic oxidation sites excluding steroid dienone is 3. The Morgan fingerprint density at radius 2 is 2.13 bits per heavy atom. The molecule has 0 aromatic heterocycles. The van der Waals surface area contributed by atoms with E-state index in [0.29, 0.717) is 0 Å². The maximum atomic E-state index is 5.91. The van der Waals surface area contributed by atoms with Gasteiger partial charge < -0.3 is 0 Å². The fourth-order valence-electron chi connectivity index (χ4n) is 1.46. The zero-order valence-corrected chi connectivity index (χ0v) is 10.4. The second-order valence-corrected chi connectivity index (χ2v) is 4.27. The highest BCUT2D eigenvalue weighted by Gasteiger charge is 2.01. The fraction of sp³-hybridized carbons (Fsp3) is 0.286. The lowest BCUT2D eigenvalue weighted by Gasteiger charge is -2.07. The standard InChI is InChI=1S/C14H17Cl/c1-5-10(2)8-11(3)14-7-6-13(15)9-12(14)4/h6-9H,3,5H2,1-2,4H3/b10-8+. The third-order valence-electron chi connectivity index (χ3n) is 2.51. The monoisotopic (exact) mass is 220 g/mol. The maximum Gasteiger partial charge on any atom is 0.0409 e. The Labute approximate surface area is 97.3 Å². The van der Waals surface area contributed by atoms with Gasteiger partial charge in [-0.25, -0.2) is 0 Å². The molecule has 0 heterocycles. The molecule has 1 aromatic rings. The molecule has 0 fully saturated rings. The van der Waals surface area contributed by atoms with E-state index in [9.17, 15) is 0 Å². The molecule has 0 unspecified atom stereocenters. The molecule has 1 aromatic carbocycles. The Kier molecular flexibility index (Phi) is 4.16.